The lowest BCUT2D eigenvalue weighted by Gasteiger charge is -2.28. The van der Waals surface area contributed by atoms with Crippen molar-refractivity contribution in [3.63, 3.8) is 0 Å². The second-order valence-corrected chi connectivity index (χ2v) is 5.91. The minimum Gasteiger partial charge on any atom is -0.393 e. The van der Waals surface area contributed by atoms with Gasteiger partial charge in [-0.2, -0.15) is 4.31 Å². The van der Waals surface area contributed by atoms with Crippen LogP contribution < -0.4 is 5.43 Å². The summed E-state index contributed by atoms with van der Waals surface area (Å²) in [6.45, 7) is 0.496. The summed E-state index contributed by atoms with van der Waals surface area (Å²) < 4.78 is 25.5. The minimum absolute atomic E-state index is 0.239. The number of sulfonamides is 1. The minimum atomic E-state index is -3.74. The van der Waals surface area contributed by atoms with Crippen molar-refractivity contribution >= 4 is 10.0 Å². The summed E-state index contributed by atoms with van der Waals surface area (Å²) >= 11 is 0. The molecule has 1 aromatic heterocycles. The fraction of sp³-hybridized carbons (Fsp3) is 0.500. The van der Waals surface area contributed by atoms with Gasteiger partial charge in [-0.15, -0.1) is 0 Å². The Hall–Kier alpha value is -1.18. The molecule has 6 nitrogen and oxygen atoms in total. The quantitative estimate of drug-likeness (QED) is 0.749. The van der Waals surface area contributed by atoms with E-state index < -0.39 is 21.6 Å². The maximum absolute atomic E-state index is 12.1. The monoisotopic (exact) mass is 258 g/mol. The highest BCUT2D eigenvalue weighted by Gasteiger charge is 2.30. The Bertz CT molecular complexity index is 543. The van der Waals surface area contributed by atoms with Crippen molar-refractivity contribution in [2.75, 3.05) is 13.1 Å². The van der Waals surface area contributed by atoms with Crippen LogP contribution in [0.5, 0.6) is 0 Å². The highest BCUT2D eigenvalue weighted by Crippen LogP contribution is 2.17. The number of aromatic nitrogens is 1. The number of aliphatic hydroxyl groups is 1. The van der Waals surface area contributed by atoms with Crippen LogP contribution >= 0.6 is 0 Å². The Labute approximate surface area is 98.9 Å². The third-order valence-electron chi connectivity index (χ3n) is 2.83. The van der Waals surface area contributed by atoms with Crippen LogP contribution in [0.15, 0.2) is 28.2 Å². The Morgan fingerprint density at radius 1 is 1.35 bits per heavy atom. The number of H-pyrrole nitrogens is 1. The van der Waals surface area contributed by atoms with Gasteiger partial charge in [0.15, 0.2) is 0 Å². The van der Waals surface area contributed by atoms with Crippen molar-refractivity contribution in [3.8, 4) is 0 Å². The van der Waals surface area contributed by atoms with E-state index in [0.29, 0.717) is 12.8 Å². The third kappa shape index (κ3) is 2.41. The number of nitrogens with zero attached hydrogens (tertiary/aromatic N) is 1. The third-order valence-corrected chi connectivity index (χ3v) is 4.75. The molecule has 94 valence electrons. The standard InChI is InChI=1S/C10H14N2O4S/c13-8-2-5-12(6-3-8)17(15,16)10-7-11-4-1-9(10)14/h1,4,7-8,13H,2-3,5-6H2,(H,11,14). The first-order valence-corrected chi connectivity index (χ1v) is 6.81. The normalized spacial score (nSPS) is 19.4. The van der Waals surface area contributed by atoms with Crippen molar-refractivity contribution in [1.82, 2.24) is 9.29 Å². The molecule has 1 saturated heterocycles. The second-order valence-electron chi connectivity index (χ2n) is 4.01. The van der Waals surface area contributed by atoms with Gasteiger partial charge in [-0.25, -0.2) is 8.42 Å². The number of piperidine rings is 1. The molecule has 0 bridgehead atoms. The van der Waals surface area contributed by atoms with Crippen LogP contribution in [0.1, 0.15) is 12.8 Å². The lowest BCUT2D eigenvalue weighted by Crippen LogP contribution is -2.41. The SMILES string of the molecule is O=c1cc[nH]cc1S(=O)(=O)N1CCC(O)CC1. The lowest BCUT2D eigenvalue weighted by molar-refractivity contribution is 0.113. The molecule has 1 aromatic rings. The molecule has 1 aliphatic heterocycles. The van der Waals surface area contributed by atoms with Gasteiger partial charge >= 0.3 is 0 Å². The summed E-state index contributed by atoms with van der Waals surface area (Å²) in [6.07, 6.45) is 2.95. The van der Waals surface area contributed by atoms with Crippen molar-refractivity contribution < 1.29 is 13.5 Å². The number of nitrogens with one attached hydrogen (secondary N) is 1. The zero-order valence-electron chi connectivity index (χ0n) is 9.17. The summed E-state index contributed by atoms with van der Waals surface area (Å²) in [5.74, 6) is 0. The lowest BCUT2D eigenvalue weighted by atomic mass is 10.1. The van der Waals surface area contributed by atoms with E-state index in [1.807, 2.05) is 0 Å². The number of pyridine rings is 1. The predicted molar refractivity (Wildman–Crippen MR) is 61.1 cm³/mol. The maximum atomic E-state index is 12.1. The largest absolute Gasteiger partial charge is 0.393 e. The first-order chi connectivity index (χ1) is 8.01. The van der Waals surface area contributed by atoms with Crippen molar-refractivity contribution in [3.05, 3.63) is 28.7 Å². The van der Waals surface area contributed by atoms with E-state index in [1.54, 1.807) is 0 Å². The number of hydrogen-bond donors (Lipinski definition) is 2. The summed E-state index contributed by atoms with van der Waals surface area (Å²) in [5.41, 5.74) is -0.519. The van der Waals surface area contributed by atoms with E-state index in [2.05, 4.69) is 4.98 Å². The van der Waals surface area contributed by atoms with Crippen LogP contribution in [0.25, 0.3) is 0 Å². The Kier molecular flexibility index (Phi) is 3.32. The topological polar surface area (TPSA) is 90.5 Å². The molecule has 0 saturated carbocycles. The molecule has 2 rings (SSSR count). The molecule has 1 aliphatic rings. The van der Waals surface area contributed by atoms with Gasteiger partial charge in [0.25, 0.3) is 0 Å². The van der Waals surface area contributed by atoms with Gasteiger partial charge in [0, 0.05) is 31.5 Å². The fourth-order valence-electron chi connectivity index (χ4n) is 1.82. The molecule has 1 fully saturated rings. The molecule has 17 heavy (non-hydrogen) atoms. The van der Waals surface area contributed by atoms with E-state index >= 15 is 0 Å². The Morgan fingerprint density at radius 3 is 2.59 bits per heavy atom. The Balaban J connectivity index is 2.32. The van der Waals surface area contributed by atoms with Crippen LogP contribution in [-0.2, 0) is 10.0 Å². The van der Waals surface area contributed by atoms with E-state index in [-0.39, 0.29) is 18.0 Å². The number of aromatic amines is 1. The average molecular weight is 258 g/mol. The van der Waals surface area contributed by atoms with Gasteiger partial charge in [-0.1, -0.05) is 0 Å². The molecule has 0 unspecified atom stereocenters. The summed E-state index contributed by atoms with van der Waals surface area (Å²) in [5, 5.41) is 9.33. The molecule has 0 aromatic carbocycles. The van der Waals surface area contributed by atoms with Crippen LogP contribution in [0.2, 0.25) is 0 Å². The van der Waals surface area contributed by atoms with Crippen molar-refractivity contribution in [2.45, 2.75) is 23.8 Å². The zero-order chi connectivity index (χ0) is 12.5. The molecule has 0 aliphatic carbocycles. The zero-order valence-corrected chi connectivity index (χ0v) is 9.98. The maximum Gasteiger partial charge on any atom is 0.248 e. The van der Waals surface area contributed by atoms with Crippen molar-refractivity contribution in [1.29, 1.82) is 0 Å². The highest BCUT2D eigenvalue weighted by atomic mass is 32.2. The number of rotatable bonds is 2. The highest BCUT2D eigenvalue weighted by molar-refractivity contribution is 7.89. The van der Waals surface area contributed by atoms with E-state index in [1.165, 1.54) is 22.8 Å². The average Bonchev–Trinajstić information content (AvgIpc) is 2.30. The molecule has 0 spiro atoms. The molecule has 7 heteroatoms. The molecule has 0 radical (unpaired) electrons. The van der Waals surface area contributed by atoms with Gasteiger partial charge in [-0.3, -0.25) is 4.79 Å². The number of aliphatic hydroxyl groups excluding tert-OH is 1. The summed E-state index contributed by atoms with van der Waals surface area (Å²) in [7, 11) is -3.74. The van der Waals surface area contributed by atoms with Crippen LogP contribution in [-0.4, -0.2) is 42.0 Å². The van der Waals surface area contributed by atoms with Crippen LogP contribution in [0.3, 0.4) is 0 Å². The van der Waals surface area contributed by atoms with Crippen LogP contribution in [0.4, 0.5) is 0 Å². The molecular weight excluding hydrogens is 244 g/mol. The van der Waals surface area contributed by atoms with Gasteiger partial charge in [0.05, 0.1) is 6.10 Å². The molecule has 2 heterocycles. The number of hydrogen-bond acceptors (Lipinski definition) is 4. The van der Waals surface area contributed by atoms with Gasteiger partial charge < -0.3 is 10.1 Å². The smallest absolute Gasteiger partial charge is 0.248 e. The van der Waals surface area contributed by atoms with Gasteiger partial charge in [0.2, 0.25) is 15.5 Å². The summed E-state index contributed by atoms with van der Waals surface area (Å²) in [4.78, 5) is 13.9. The molecule has 0 amide bonds. The van der Waals surface area contributed by atoms with E-state index in [9.17, 15) is 18.3 Å². The van der Waals surface area contributed by atoms with Crippen molar-refractivity contribution in [2.24, 2.45) is 0 Å². The van der Waals surface area contributed by atoms with Gasteiger partial charge in [-0.05, 0) is 12.8 Å². The first kappa shape index (κ1) is 12.3. The predicted octanol–water partition coefficient (Wildman–Crippen LogP) is -0.480. The summed E-state index contributed by atoms with van der Waals surface area (Å²) in [6, 6.07) is 1.19. The second kappa shape index (κ2) is 4.59. The molecule has 2 N–H and O–H groups in total. The van der Waals surface area contributed by atoms with Crippen LogP contribution in [0, 0.1) is 0 Å². The molecular formula is C10H14N2O4S. The fourth-order valence-corrected chi connectivity index (χ4v) is 3.33. The Morgan fingerprint density at radius 2 is 2.00 bits per heavy atom. The van der Waals surface area contributed by atoms with Gasteiger partial charge in [0.1, 0.15) is 4.90 Å². The molecule has 0 atom stereocenters. The van der Waals surface area contributed by atoms with E-state index in [0.717, 1.165) is 0 Å². The first-order valence-electron chi connectivity index (χ1n) is 5.37. The van der Waals surface area contributed by atoms with E-state index in [4.69, 9.17) is 0 Å².